The maximum absolute atomic E-state index is 12.5. The summed E-state index contributed by atoms with van der Waals surface area (Å²) in [7, 11) is 8.03. The summed E-state index contributed by atoms with van der Waals surface area (Å²) in [6, 6.07) is 0. The van der Waals surface area contributed by atoms with E-state index in [1.807, 2.05) is 53.3 Å². The second kappa shape index (κ2) is 46.5. The number of hydrogen-bond donors (Lipinski definition) is 0. The molecule has 0 spiro atoms. The Kier molecular flexibility index (Phi) is 41.7. The standard InChI is InChI=1S/2C45H77NO5.3CH4/c1-33(2)16-14-17-34(3)40-23-24-41-39-22-21-36-32-38(25-27-44(36,5)42(39)26-28-45(40,41)6)50-31-12-9-10-18-37(19-11-13-30-49-35(4)47)51-43(48)20-15-29-46(7)8;1-9-10-29-50-43(48)32-37(51-42(47)19-15-28-46(7)8)18-12-11-13-30-49-36-24-26-44(5)35(31-36)20-21-38-40-23-22-39(34(4)17-14-16-33(2)3)45(40,6)27-25-41(38)44;;;/h11,13,21,33-34,37-42H,9-10,12,14-20,22-32H2,1-8H3;9-10,20,33-34,36-41H,11-19,21-32H2,1-8H3;3*1H4/b13-11+;10-9+;;;/t34-,37?,38+,39?,40-,41?,42?,44+,45-;34-,36+,37?,38?,39-,40?,41?,44+,45-;;;/m11.../s1. The first-order valence-corrected chi connectivity index (χ1v) is 42.6. The lowest BCUT2D eigenvalue weighted by molar-refractivity contribution is -0.155. The zero-order chi connectivity index (χ0) is 74.0. The van der Waals surface area contributed by atoms with Crippen LogP contribution in [0.1, 0.15) is 337 Å². The molecule has 0 saturated heterocycles. The van der Waals surface area contributed by atoms with E-state index in [-0.39, 0.29) is 71.9 Å². The Morgan fingerprint density at radius 2 is 0.933 bits per heavy atom. The number of esters is 4. The van der Waals surface area contributed by atoms with Crippen LogP contribution in [0, 0.1) is 92.7 Å². The van der Waals surface area contributed by atoms with Crippen molar-refractivity contribution in [2.24, 2.45) is 92.7 Å². The molecule has 0 aliphatic heterocycles. The van der Waals surface area contributed by atoms with Crippen molar-refractivity contribution in [3.63, 3.8) is 0 Å². The lowest BCUT2D eigenvalue weighted by Crippen LogP contribution is -2.51. The monoisotopic (exact) mass is 1470 g/mol. The zero-order valence-corrected chi connectivity index (χ0v) is 68.4. The van der Waals surface area contributed by atoms with Gasteiger partial charge in [0.25, 0.3) is 0 Å². The minimum absolute atomic E-state index is 0. The van der Waals surface area contributed by atoms with Crippen LogP contribution in [0.5, 0.6) is 0 Å². The van der Waals surface area contributed by atoms with Crippen molar-refractivity contribution in [2.75, 3.05) is 67.7 Å². The normalized spacial score (nSPS) is 30.7. The van der Waals surface area contributed by atoms with Crippen molar-refractivity contribution < 1.29 is 47.6 Å². The molecule has 12 heteroatoms. The summed E-state index contributed by atoms with van der Waals surface area (Å²) in [5.74, 6) is 9.58. The Morgan fingerprint density at radius 3 is 1.37 bits per heavy atom. The van der Waals surface area contributed by atoms with E-state index in [9.17, 15) is 19.2 Å². The van der Waals surface area contributed by atoms with Crippen molar-refractivity contribution in [3.8, 4) is 0 Å². The van der Waals surface area contributed by atoms with E-state index in [2.05, 4.69) is 91.2 Å². The second-order valence-electron chi connectivity index (χ2n) is 36.8. The lowest BCUT2D eigenvalue weighted by atomic mass is 9.47. The summed E-state index contributed by atoms with van der Waals surface area (Å²) >= 11 is 0. The molecular formula is C93H166N2O10. The van der Waals surface area contributed by atoms with Crippen molar-refractivity contribution >= 4 is 23.9 Å². The molecule has 0 N–H and O–H groups in total. The third-order valence-electron chi connectivity index (χ3n) is 28.1. The van der Waals surface area contributed by atoms with Crippen molar-refractivity contribution in [1.82, 2.24) is 9.80 Å². The van der Waals surface area contributed by atoms with Crippen molar-refractivity contribution in [3.05, 3.63) is 47.6 Å². The average Bonchev–Trinajstić information content (AvgIpc) is 1.66. The minimum Gasteiger partial charge on any atom is -0.462 e. The van der Waals surface area contributed by atoms with Crippen LogP contribution >= 0.6 is 0 Å². The Bertz CT molecular complexity index is 2640. The number of carbonyl (C=O) groups excluding carboxylic acids is 4. The Morgan fingerprint density at radius 1 is 0.486 bits per heavy atom. The summed E-state index contributed by atoms with van der Waals surface area (Å²) in [4.78, 5) is 52.6. The van der Waals surface area contributed by atoms with Crippen molar-refractivity contribution in [2.45, 2.75) is 361 Å². The van der Waals surface area contributed by atoms with Gasteiger partial charge < -0.3 is 38.2 Å². The molecule has 8 aliphatic carbocycles. The molecule has 18 atom stereocenters. The predicted octanol–water partition coefficient (Wildman–Crippen LogP) is 23.4. The lowest BCUT2D eigenvalue weighted by Gasteiger charge is -2.58. The number of allylic oxidation sites excluding steroid dienone is 3. The van der Waals surface area contributed by atoms with E-state index in [1.54, 1.807) is 17.2 Å². The van der Waals surface area contributed by atoms with Gasteiger partial charge in [-0.1, -0.05) is 190 Å². The van der Waals surface area contributed by atoms with Gasteiger partial charge in [0.2, 0.25) is 0 Å². The summed E-state index contributed by atoms with van der Waals surface area (Å²) in [5.41, 5.74) is 5.25. The topological polar surface area (TPSA) is 130 Å². The molecule has 0 aromatic carbocycles. The Balaban J connectivity index is 0.000000432. The van der Waals surface area contributed by atoms with Crippen LogP contribution < -0.4 is 0 Å². The van der Waals surface area contributed by atoms with Gasteiger partial charge in [-0.2, -0.15) is 0 Å². The van der Waals surface area contributed by atoms with Crippen LogP contribution in [-0.4, -0.2) is 126 Å². The number of carbonyl (C=O) groups is 4. The Labute approximate surface area is 646 Å². The van der Waals surface area contributed by atoms with E-state index in [0.717, 1.165) is 168 Å². The molecule has 6 saturated carbocycles. The number of unbranched alkanes of at least 4 members (excludes halogenated alkanes) is 4. The molecule has 0 aromatic rings. The fourth-order valence-electron chi connectivity index (χ4n) is 22.4. The van der Waals surface area contributed by atoms with Gasteiger partial charge >= 0.3 is 23.9 Å². The minimum atomic E-state index is -0.431. The Hall–Kier alpha value is -3.32. The van der Waals surface area contributed by atoms with Gasteiger partial charge in [-0.25, -0.2) is 0 Å². The summed E-state index contributed by atoms with van der Waals surface area (Å²) < 4.78 is 35.0. The highest BCUT2D eigenvalue weighted by atomic mass is 16.6. The highest BCUT2D eigenvalue weighted by molar-refractivity contribution is 5.72. The summed E-state index contributed by atoms with van der Waals surface area (Å²) in [5, 5.41) is 0. The zero-order valence-electron chi connectivity index (χ0n) is 68.4. The van der Waals surface area contributed by atoms with E-state index in [0.29, 0.717) is 59.6 Å². The highest BCUT2D eigenvalue weighted by Crippen LogP contribution is 2.69. The molecule has 12 nitrogen and oxygen atoms in total. The third kappa shape index (κ3) is 27.8. The average molecular weight is 1470 g/mol. The molecule has 8 aliphatic rings. The maximum atomic E-state index is 12.5. The summed E-state index contributed by atoms with van der Waals surface area (Å²) in [6.07, 6.45) is 53.4. The highest BCUT2D eigenvalue weighted by Gasteiger charge is 2.61. The number of rotatable bonds is 42. The molecule has 0 aromatic heterocycles. The van der Waals surface area contributed by atoms with Gasteiger partial charge in [-0.05, 0) is 295 Å². The van der Waals surface area contributed by atoms with Gasteiger partial charge in [-0.15, -0.1) is 0 Å². The fraction of sp³-hybridized carbons (Fsp3) is 0.871. The molecule has 0 amide bonds. The first-order chi connectivity index (χ1) is 48.7. The van der Waals surface area contributed by atoms with Gasteiger partial charge in [-0.3, -0.25) is 19.2 Å². The van der Waals surface area contributed by atoms with Crippen LogP contribution in [-0.2, 0) is 47.6 Å². The first kappa shape index (κ1) is 94.1. The molecule has 6 fully saturated rings. The molecule has 8 rings (SSSR count). The van der Waals surface area contributed by atoms with Gasteiger partial charge in [0.1, 0.15) is 25.4 Å². The van der Waals surface area contributed by atoms with Crippen LogP contribution in [0.3, 0.4) is 0 Å². The molecule has 608 valence electrons. The quantitative estimate of drug-likeness (QED) is 0.0250. The van der Waals surface area contributed by atoms with E-state index >= 15 is 0 Å². The first-order valence-electron chi connectivity index (χ1n) is 42.6. The molecular weight excluding hydrogens is 1310 g/mol. The largest absolute Gasteiger partial charge is 0.462 e. The second-order valence-corrected chi connectivity index (χ2v) is 36.8. The van der Waals surface area contributed by atoms with Crippen LogP contribution in [0.4, 0.5) is 0 Å². The fourth-order valence-corrected chi connectivity index (χ4v) is 22.4. The number of nitrogens with zero attached hydrogens (tertiary/aromatic N) is 2. The number of hydrogen-bond acceptors (Lipinski definition) is 12. The van der Waals surface area contributed by atoms with Crippen molar-refractivity contribution in [1.29, 1.82) is 0 Å². The smallest absolute Gasteiger partial charge is 0.309 e. The van der Waals surface area contributed by atoms with E-state index < -0.39 is 6.10 Å². The summed E-state index contributed by atoms with van der Waals surface area (Å²) in [6.45, 7) is 32.5. The van der Waals surface area contributed by atoms with Crippen LogP contribution in [0.15, 0.2) is 47.6 Å². The van der Waals surface area contributed by atoms with E-state index in [1.165, 1.54) is 135 Å². The SMILES string of the molecule is C.C.C.C/C=C/COC(=O)CC(CCCCCO[C@H]1CC[C@@]2(C)C(=CCC3C2CC[C@@]2(C)C3CC[C@@H]2[C@H](C)CCCC(C)C)C1)OC(=O)CCCN(C)C.CC(=O)OC/C=C/CC(CCCCCO[C@H]1CC[C@@]2(C)C(=CCC3C2CC[C@@]2(C)C3CC[C@@H]2[C@H](C)CCCC(C)C)C1)OC(=O)CCCN(C)C. The number of ether oxygens (including phenoxy) is 6. The molecule has 0 heterocycles. The molecule has 0 radical (unpaired) electrons. The van der Waals surface area contributed by atoms with Gasteiger partial charge in [0.15, 0.2) is 0 Å². The van der Waals surface area contributed by atoms with Gasteiger partial charge in [0, 0.05) is 39.4 Å². The molecule has 8 unspecified atom stereocenters. The predicted molar refractivity (Wildman–Crippen MR) is 439 cm³/mol. The molecule has 105 heavy (non-hydrogen) atoms. The number of fused-ring (bicyclic) bond motifs is 10. The van der Waals surface area contributed by atoms with E-state index in [4.69, 9.17) is 28.4 Å². The van der Waals surface area contributed by atoms with Crippen LogP contribution in [0.25, 0.3) is 0 Å². The maximum Gasteiger partial charge on any atom is 0.309 e. The van der Waals surface area contributed by atoms with Crippen LogP contribution in [0.2, 0.25) is 0 Å². The van der Waals surface area contributed by atoms with Gasteiger partial charge in [0.05, 0.1) is 18.6 Å². The third-order valence-corrected chi connectivity index (χ3v) is 28.1. The molecule has 0 bridgehead atoms.